The molecule has 1 saturated heterocycles. The molecule has 0 aromatic carbocycles. The van der Waals surface area contributed by atoms with Crippen molar-refractivity contribution in [1.82, 2.24) is 10.6 Å². The zero-order chi connectivity index (χ0) is 13.8. The number of carbonyl (C=O) groups is 1. The van der Waals surface area contributed by atoms with E-state index in [9.17, 15) is 15.0 Å². The number of nitrogens with one attached hydrogen (secondary N) is 2. The predicted octanol–water partition coefficient (Wildman–Crippen LogP) is 0.110. The van der Waals surface area contributed by atoms with E-state index in [1.807, 2.05) is 0 Å². The standard InChI is InChI=1S/C12H22N2O4/c1-12(2,3)18-11(17)14-9(7-15)6-8-4-5-13-10(8)16/h6,9-10,13,15-16H,4-5,7H2,1-3H3,(H,14,17)/b8-6+. The zero-order valence-electron chi connectivity index (χ0n) is 11.1. The van der Waals surface area contributed by atoms with Crippen LogP contribution in [0.1, 0.15) is 27.2 Å². The summed E-state index contributed by atoms with van der Waals surface area (Å²) in [6, 6.07) is -0.551. The van der Waals surface area contributed by atoms with Gasteiger partial charge in [-0.15, -0.1) is 0 Å². The Balaban J connectivity index is 2.54. The van der Waals surface area contributed by atoms with Gasteiger partial charge in [-0.05, 0) is 32.8 Å². The molecule has 2 atom stereocenters. The second-order valence-electron chi connectivity index (χ2n) is 5.28. The summed E-state index contributed by atoms with van der Waals surface area (Å²) >= 11 is 0. The molecule has 1 heterocycles. The van der Waals surface area contributed by atoms with E-state index in [1.165, 1.54) is 0 Å². The first-order valence-corrected chi connectivity index (χ1v) is 6.04. The minimum absolute atomic E-state index is 0.241. The van der Waals surface area contributed by atoms with E-state index in [4.69, 9.17) is 4.74 Å². The monoisotopic (exact) mass is 258 g/mol. The Morgan fingerprint density at radius 2 is 2.33 bits per heavy atom. The summed E-state index contributed by atoms with van der Waals surface area (Å²) in [7, 11) is 0. The Labute approximate surface area is 107 Å². The van der Waals surface area contributed by atoms with Gasteiger partial charge in [0.15, 0.2) is 0 Å². The van der Waals surface area contributed by atoms with Crippen LogP contribution in [0.4, 0.5) is 4.79 Å². The van der Waals surface area contributed by atoms with Crippen LogP contribution in [0.15, 0.2) is 11.6 Å². The fourth-order valence-electron chi connectivity index (χ4n) is 1.65. The number of carbonyl (C=O) groups excluding carboxylic acids is 1. The maximum absolute atomic E-state index is 11.5. The van der Waals surface area contributed by atoms with E-state index < -0.39 is 24.0 Å². The van der Waals surface area contributed by atoms with Crippen molar-refractivity contribution < 1.29 is 19.7 Å². The third kappa shape index (κ3) is 5.03. The van der Waals surface area contributed by atoms with Crippen LogP contribution >= 0.6 is 0 Å². The molecule has 1 amide bonds. The Morgan fingerprint density at radius 1 is 1.67 bits per heavy atom. The predicted molar refractivity (Wildman–Crippen MR) is 67.0 cm³/mol. The molecule has 0 aromatic rings. The third-order valence-corrected chi connectivity index (χ3v) is 2.42. The molecule has 6 heteroatoms. The topological polar surface area (TPSA) is 90.8 Å². The first-order chi connectivity index (χ1) is 8.31. The van der Waals surface area contributed by atoms with Gasteiger partial charge in [0.05, 0.1) is 12.6 Å². The molecule has 2 unspecified atom stereocenters. The Bertz CT molecular complexity index is 323. The molecule has 18 heavy (non-hydrogen) atoms. The van der Waals surface area contributed by atoms with E-state index in [0.717, 1.165) is 5.57 Å². The van der Waals surface area contributed by atoms with E-state index in [0.29, 0.717) is 13.0 Å². The van der Waals surface area contributed by atoms with Gasteiger partial charge in [0, 0.05) is 6.54 Å². The van der Waals surface area contributed by atoms with E-state index in [-0.39, 0.29) is 6.61 Å². The number of hydrogen-bond donors (Lipinski definition) is 4. The van der Waals surface area contributed by atoms with Crippen molar-refractivity contribution in [3.63, 3.8) is 0 Å². The lowest BCUT2D eigenvalue weighted by Gasteiger charge is -2.22. The molecule has 0 spiro atoms. The third-order valence-electron chi connectivity index (χ3n) is 2.42. The van der Waals surface area contributed by atoms with Crippen LogP contribution < -0.4 is 10.6 Å². The molecular formula is C12H22N2O4. The molecule has 0 saturated carbocycles. The van der Waals surface area contributed by atoms with Crippen LogP contribution in [0, 0.1) is 0 Å². The van der Waals surface area contributed by atoms with Crippen LogP contribution in [0.2, 0.25) is 0 Å². The highest BCUT2D eigenvalue weighted by molar-refractivity contribution is 5.68. The number of aliphatic hydroxyl groups is 2. The average molecular weight is 258 g/mol. The SMILES string of the molecule is CC(C)(C)OC(=O)NC(/C=C1\CCNC1O)CO. The summed E-state index contributed by atoms with van der Waals surface area (Å²) < 4.78 is 5.09. The summed E-state index contributed by atoms with van der Waals surface area (Å²) in [5.74, 6) is 0. The summed E-state index contributed by atoms with van der Waals surface area (Å²) in [5.41, 5.74) is 0.191. The van der Waals surface area contributed by atoms with Gasteiger partial charge in [0.25, 0.3) is 0 Å². The molecule has 1 aliphatic rings. The van der Waals surface area contributed by atoms with Gasteiger partial charge in [-0.1, -0.05) is 6.08 Å². The molecule has 6 nitrogen and oxygen atoms in total. The zero-order valence-corrected chi connectivity index (χ0v) is 11.1. The highest BCUT2D eigenvalue weighted by Gasteiger charge is 2.21. The van der Waals surface area contributed by atoms with Crippen LogP contribution in [-0.4, -0.2) is 47.3 Å². The number of aliphatic hydroxyl groups excluding tert-OH is 2. The van der Waals surface area contributed by atoms with E-state index in [2.05, 4.69) is 10.6 Å². The summed E-state index contributed by atoms with van der Waals surface area (Å²) in [6.07, 6.45) is 1.08. The molecular weight excluding hydrogens is 236 g/mol. The first-order valence-electron chi connectivity index (χ1n) is 6.04. The van der Waals surface area contributed by atoms with Gasteiger partial charge in [0.1, 0.15) is 11.8 Å². The minimum Gasteiger partial charge on any atom is -0.444 e. The molecule has 1 fully saturated rings. The first kappa shape index (κ1) is 14.9. The quantitative estimate of drug-likeness (QED) is 0.539. The lowest BCUT2D eigenvalue weighted by molar-refractivity contribution is 0.0497. The van der Waals surface area contributed by atoms with Gasteiger partial charge in [-0.3, -0.25) is 5.32 Å². The van der Waals surface area contributed by atoms with Crippen LogP contribution in [0.5, 0.6) is 0 Å². The van der Waals surface area contributed by atoms with E-state index in [1.54, 1.807) is 26.8 Å². The van der Waals surface area contributed by atoms with Gasteiger partial charge < -0.3 is 20.3 Å². The molecule has 0 bridgehead atoms. The van der Waals surface area contributed by atoms with Gasteiger partial charge >= 0.3 is 6.09 Å². The van der Waals surface area contributed by atoms with Crippen LogP contribution in [0.25, 0.3) is 0 Å². The minimum atomic E-state index is -0.695. The largest absolute Gasteiger partial charge is 0.444 e. The van der Waals surface area contributed by atoms with Crippen molar-refractivity contribution in [1.29, 1.82) is 0 Å². The van der Waals surface area contributed by atoms with Crippen molar-refractivity contribution >= 4 is 6.09 Å². The average Bonchev–Trinajstić information content (AvgIpc) is 2.60. The lowest BCUT2D eigenvalue weighted by atomic mass is 10.1. The Kier molecular flexibility index (Phi) is 5.13. The fourth-order valence-corrected chi connectivity index (χ4v) is 1.65. The maximum atomic E-state index is 11.5. The van der Waals surface area contributed by atoms with Crippen molar-refractivity contribution in [3.05, 3.63) is 11.6 Å². The van der Waals surface area contributed by atoms with Gasteiger partial charge in [0.2, 0.25) is 0 Å². The number of ether oxygens (including phenoxy) is 1. The summed E-state index contributed by atoms with van der Waals surface area (Å²) in [4.78, 5) is 11.5. The normalized spacial score (nSPS) is 24.1. The summed E-state index contributed by atoms with van der Waals surface area (Å²) in [5, 5.41) is 24.1. The van der Waals surface area contributed by atoms with Crippen molar-refractivity contribution in [3.8, 4) is 0 Å². The second kappa shape index (κ2) is 6.17. The van der Waals surface area contributed by atoms with Crippen molar-refractivity contribution in [2.24, 2.45) is 0 Å². The molecule has 104 valence electrons. The highest BCUT2D eigenvalue weighted by Crippen LogP contribution is 2.13. The molecule has 0 aliphatic carbocycles. The van der Waals surface area contributed by atoms with Gasteiger partial charge in [-0.2, -0.15) is 0 Å². The molecule has 1 aliphatic heterocycles. The second-order valence-corrected chi connectivity index (χ2v) is 5.28. The lowest BCUT2D eigenvalue weighted by Crippen LogP contribution is -2.40. The smallest absolute Gasteiger partial charge is 0.408 e. The molecule has 4 N–H and O–H groups in total. The molecule has 0 aromatic heterocycles. The number of alkyl carbamates (subject to hydrolysis) is 1. The maximum Gasteiger partial charge on any atom is 0.408 e. The van der Waals surface area contributed by atoms with Crippen LogP contribution in [0.3, 0.4) is 0 Å². The van der Waals surface area contributed by atoms with Gasteiger partial charge in [-0.25, -0.2) is 4.79 Å². The highest BCUT2D eigenvalue weighted by atomic mass is 16.6. The van der Waals surface area contributed by atoms with Crippen LogP contribution in [-0.2, 0) is 4.74 Å². The number of hydrogen-bond acceptors (Lipinski definition) is 5. The molecule has 1 rings (SSSR count). The molecule has 0 radical (unpaired) electrons. The van der Waals surface area contributed by atoms with Crippen molar-refractivity contribution in [2.75, 3.05) is 13.2 Å². The fraction of sp³-hybridized carbons (Fsp3) is 0.750. The van der Waals surface area contributed by atoms with Crippen molar-refractivity contribution in [2.45, 2.75) is 45.1 Å². The van der Waals surface area contributed by atoms with E-state index >= 15 is 0 Å². The number of amides is 1. The Hall–Kier alpha value is -1.11. The summed E-state index contributed by atoms with van der Waals surface area (Å²) in [6.45, 7) is 5.75. The Morgan fingerprint density at radius 3 is 2.78 bits per heavy atom. The number of rotatable bonds is 3.